The maximum Gasteiger partial charge on any atom is 0.307 e. The van der Waals surface area contributed by atoms with Gasteiger partial charge in [0.15, 0.2) is 0 Å². The van der Waals surface area contributed by atoms with E-state index in [-0.39, 0.29) is 12.3 Å². The molecule has 5 heteroatoms. The summed E-state index contributed by atoms with van der Waals surface area (Å²) in [6.45, 7) is 8.52. The summed E-state index contributed by atoms with van der Waals surface area (Å²) in [5.41, 5.74) is 8.80. The van der Waals surface area contributed by atoms with Gasteiger partial charge in [-0.2, -0.15) is 0 Å². The standard InChI is InChI=1S/C27H26FNO3/c1-15-5-7-19(8-6-15)26-18(4)24-14-29(13-23(24)17(3)22(26)12-25(30)31)27(32)20-9-16(2)10-21(28)11-20/h5-11H,12-14H2,1-4H3,(H,30,31). The van der Waals surface area contributed by atoms with E-state index in [4.69, 9.17) is 0 Å². The maximum absolute atomic E-state index is 13.9. The molecule has 1 aliphatic heterocycles. The summed E-state index contributed by atoms with van der Waals surface area (Å²) in [4.78, 5) is 26.6. The van der Waals surface area contributed by atoms with Crippen LogP contribution in [0, 0.1) is 33.5 Å². The van der Waals surface area contributed by atoms with Crippen LogP contribution in [0.3, 0.4) is 0 Å². The molecule has 1 aliphatic rings. The summed E-state index contributed by atoms with van der Waals surface area (Å²) in [6, 6.07) is 12.4. The molecular formula is C27H26FNO3. The third-order valence-electron chi connectivity index (χ3n) is 6.34. The van der Waals surface area contributed by atoms with E-state index in [0.29, 0.717) is 24.2 Å². The van der Waals surface area contributed by atoms with Crippen LogP contribution >= 0.6 is 0 Å². The number of hydrogen-bond donors (Lipinski definition) is 1. The Morgan fingerprint density at radius 1 is 0.906 bits per heavy atom. The summed E-state index contributed by atoms with van der Waals surface area (Å²) >= 11 is 0. The SMILES string of the molecule is Cc1ccc(-c2c(C)c3c(c(C)c2CC(=O)O)CN(C(=O)c2cc(C)cc(F)c2)C3)cc1. The van der Waals surface area contributed by atoms with Crippen LogP contribution in [-0.2, 0) is 24.3 Å². The molecule has 1 heterocycles. The summed E-state index contributed by atoms with van der Waals surface area (Å²) in [6.07, 6.45) is -0.0831. The van der Waals surface area contributed by atoms with Crippen molar-refractivity contribution in [3.05, 3.63) is 92.8 Å². The van der Waals surface area contributed by atoms with Gasteiger partial charge < -0.3 is 10.0 Å². The minimum atomic E-state index is -0.887. The van der Waals surface area contributed by atoms with Gasteiger partial charge >= 0.3 is 5.97 Å². The summed E-state index contributed by atoms with van der Waals surface area (Å²) in [5.74, 6) is -1.54. The highest BCUT2D eigenvalue weighted by Crippen LogP contribution is 2.40. The van der Waals surface area contributed by atoms with Crippen LogP contribution in [0.1, 0.15) is 49.3 Å². The third-order valence-corrected chi connectivity index (χ3v) is 6.34. The molecule has 4 rings (SSSR count). The Kier molecular flexibility index (Phi) is 5.59. The smallest absolute Gasteiger partial charge is 0.307 e. The molecule has 0 bridgehead atoms. The molecule has 0 fully saturated rings. The van der Waals surface area contributed by atoms with Crippen molar-refractivity contribution in [2.75, 3.05) is 0 Å². The number of carbonyl (C=O) groups excluding carboxylic acids is 1. The number of carboxylic acid groups (broad SMARTS) is 1. The van der Waals surface area contributed by atoms with Crippen LogP contribution in [-0.4, -0.2) is 21.9 Å². The van der Waals surface area contributed by atoms with Crippen molar-refractivity contribution in [2.24, 2.45) is 0 Å². The van der Waals surface area contributed by atoms with Crippen LogP contribution in [0.2, 0.25) is 0 Å². The van der Waals surface area contributed by atoms with Crippen molar-refractivity contribution in [3.8, 4) is 11.1 Å². The molecule has 0 aromatic heterocycles. The first kappa shape index (κ1) is 21.8. The number of hydrogen-bond acceptors (Lipinski definition) is 2. The van der Waals surface area contributed by atoms with E-state index in [1.807, 2.05) is 45.0 Å². The fraction of sp³-hybridized carbons (Fsp3) is 0.259. The van der Waals surface area contributed by atoms with E-state index < -0.39 is 11.8 Å². The lowest BCUT2D eigenvalue weighted by atomic mass is 9.84. The van der Waals surface area contributed by atoms with Gasteiger partial charge in [0.2, 0.25) is 0 Å². The zero-order chi connectivity index (χ0) is 23.2. The zero-order valence-corrected chi connectivity index (χ0v) is 18.8. The fourth-order valence-corrected chi connectivity index (χ4v) is 4.73. The van der Waals surface area contributed by atoms with Crippen LogP contribution in [0.4, 0.5) is 4.39 Å². The molecule has 1 N–H and O–H groups in total. The Hall–Kier alpha value is -3.47. The fourth-order valence-electron chi connectivity index (χ4n) is 4.73. The lowest BCUT2D eigenvalue weighted by Crippen LogP contribution is -2.25. The lowest BCUT2D eigenvalue weighted by molar-refractivity contribution is -0.136. The van der Waals surface area contributed by atoms with Gasteiger partial charge in [0, 0.05) is 18.7 Å². The normalized spacial score (nSPS) is 12.7. The number of aryl methyl sites for hydroxylation is 2. The van der Waals surface area contributed by atoms with Gasteiger partial charge in [0.05, 0.1) is 6.42 Å². The third kappa shape index (κ3) is 3.91. The molecule has 3 aromatic rings. The van der Waals surface area contributed by atoms with Crippen molar-refractivity contribution < 1.29 is 19.1 Å². The maximum atomic E-state index is 13.9. The van der Waals surface area contributed by atoms with E-state index in [1.165, 1.54) is 12.1 Å². The first-order valence-corrected chi connectivity index (χ1v) is 10.6. The van der Waals surface area contributed by atoms with Crippen molar-refractivity contribution >= 4 is 11.9 Å². The molecule has 0 radical (unpaired) electrons. The highest BCUT2D eigenvalue weighted by Gasteiger charge is 2.31. The minimum Gasteiger partial charge on any atom is -0.481 e. The van der Waals surface area contributed by atoms with Gasteiger partial charge in [-0.05, 0) is 90.4 Å². The molecule has 0 spiro atoms. The number of carbonyl (C=O) groups is 2. The van der Waals surface area contributed by atoms with E-state index in [2.05, 4.69) is 0 Å². The zero-order valence-electron chi connectivity index (χ0n) is 18.8. The van der Waals surface area contributed by atoms with Crippen molar-refractivity contribution in [2.45, 2.75) is 47.2 Å². The minimum absolute atomic E-state index is 0.0831. The second-order valence-corrected chi connectivity index (χ2v) is 8.68. The van der Waals surface area contributed by atoms with E-state index in [1.54, 1.807) is 17.9 Å². The van der Waals surface area contributed by atoms with Crippen LogP contribution < -0.4 is 0 Å². The molecule has 164 valence electrons. The molecule has 0 atom stereocenters. The quantitative estimate of drug-likeness (QED) is 0.593. The van der Waals surface area contributed by atoms with Crippen LogP contribution in [0.5, 0.6) is 0 Å². The van der Waals surface area contributed by atoms with Gasteiger partial charge in [-0.1, -0.05) is 29.8 Å². The summed E-state index contributed by atoms with van der Waals surface area (Å²) in [7, 11) is 0. The monoisotopic (exact) mass is 431 g/mol. The van der Waals surface area contributed by atoms with Gasteiger partial charge in [-0.25, -0.2) is 4.39 Å². The largest absolute Gasteiger partial charge is 0.481 e. The lowest BCUT2D eigenvalue weighted by Gasteiger charge is -2.19. The molecule has 0 saturated heterocycles. The predicted molar refractivity (Wildman–Crippen MR) is 122 cm³/mol. The Morgan fingerprint density at radius 3 is 2.12 bits per heavy atom. The number of halogens is 1. The highest BCUT2D eigenvalue weighted by molar-refractivity contribution is 5.95. The molecular weight excluding hydrogens is 405 g/mol. The molecule has 32 heavy (non-hydrogen) atoms. The molecule has 0 aliphatic carbocycles. The van der Waals surface area contributed by atoms with Crippen molar-refractivity contribution in [1.29, 1.82) is 0 Å². The number of nitrogens with zero attached hydrogens (tertiary/aromatic N) is 1. The Balaban J connectivity index is 1.81. The molecule has 4 nitrogen and oxygen atoms in total. The first-order valence-electron chi connectivity index (χ1n) is 10.6. The predicted octanol–water partition coefficient (Wildman–Crippen LogP) is 5.51. The average Bonchev–Trinajstić information content (AvgIpc) is 3.17. The molecule has 0 unspecified atom stereocenters. The number of benzene rings is 3. The highest BCUT2D eigenvalue weighted by atomic mass is 19.1. The van der Waals surface area contributed by atoms with Gasteiger partial charge in [0.1, 0.15) is 5.82 Å². The molecule has 0 saturated carbocycles. The second kappa shape index (κ2) is 8.23. The van der Waals surface area contributed by atoms with Gasteiger partial charge in [0.25, 0.3) is 5.91 Å². The van der Waals surface area contributed by atoms with Crippen molar-refractivity contribution in [3.63, 3.8) is 0 Å². The van der Waals surface area contributed by atoms with Crippen molar-refractivity contribution in [1.82, 2.24) is 4.90 Å². The Bertz CT molecular complexity index is 1220. The molecule has 3 aromatic carbocycles. The van der Waals surface area contributed by atoms with Gasteiger partial charge in [-0.15, -0.1) is 0 Å². The number of aliphatic carboxylic acids is 1. The topological polar surface area (TPSA) is 57.6 Å². The number of rotatable bonds is 4. The van der Waals surface area contributed by atoms with Crippen LogP contribution in [0.15, 0.2) is 42.5 Å². The number of fused-ring (bicyclic) bond motifs is 1. The number of amides is 1. The summed E-state index contributed by atoms with van der Waals surface area (Å²) in [5, 5.41) is 9.59. The first-order chi connectivity index (χ1) is 15.2. The van der Waals surface area contributed by atoms with Crippen LogP contribution in [0.25, 0.3) is 11.1 Å². The average molecular weight is 432 g/mol. The summed E-state index contributed by atoms with van der Waals surface area (Å²) < 4.78 is 13.9. The second-order valence-electron chi connectivity index (χ2n) is 8.68. The molecule has 1 amide bonds. The van der Waals surface area contributed by atoms with E-state index in [9.17, 15) is 19.1 Å². The number of carboxylic acids is 1. The Labute approximate surface area is 187 Å². The Morgan fingerprint density at radius 2 is 1.53 bits per heavy atom. The van der Waals surface area contributed by atoms with E-state index in [0.717, 1.165) is 44.5 Å². The van der Waals surface area contributed by atoms with E-state index >= 15 is 0 Å². The van der Waals surface area contributed by atoms with Gasteiger partial charge in [-0.3, -0.25) is 9.59 Å².